The first-order chi connectivity index (χ1) is 19.4. The number of pyridine rings is 1. The van der Waals surface area contributed by atoms with Gasteiger partial charge in [-0.1, -0.05) is 17.7 Å². The monoisotopic (exact) mass is 559 g/mol. The molecule has 6 rings (SSSR count). The molecule has 5 aromatic rings. The van der Waals surface area contributed by atoms with E-state index in [1.807, 2.05) is 35.9 Å². The lowest BCUT2D eigenvalue weighted by molar-refractivity contribution is 0.0734. The summed E-state index contributed by atoms with van der Waals surface area (Å²) in [4.78, 5) is 21.0. The number of carbonyl (C=O) groups excluding carboxylic acids is 1. The van der Waals surface area contributed by atoms with E-state index >= 15 is 0 Å². The highest BCUT2D eigenvalue weighted by Gasteiger charge is 2.29. The summed E-state index contributed by atoms with van der Waals surface area (Å²) in [7, 11) is 1.75. The molecule has 1 amide bonds. The largest absolute Gasteiger partial charge is 0.332 e. The Labute approximate surface area is 234 Å². The van der Waals surface area contributed by atoms with Crippen LogP contribution in [0.25, 0.3) is 22.3 Å². The zero-order chi connectivity index (χ0) is 27.8. The number of rotatable bonds is 7. The summed E-state index contributed by atoms with van der Waals surface area (Å²) in [5, 5.41) is 5.37. The van der Waals surface area contributed by atoms with E-state index in [-0.39, 0.29) is 5.91 Å². The fourth-order valence-electron chi connectivity index (χ4n) is 5.21. The smallest absolute Gasteiger partial charge is 0.255 e. The van der Waals surface area contributed by atoms with Crippen molar-refractivity contribution in [3.05, 3.63) is 101 Å². The van der Waals surface area contributed by atoms with Crippen LogP contribution in [0, 0.1) is 18.6 Å². The summed E-state index contributed by atoms with van der Waals surface area (Å²) in [5.41, 5.74) is 5.25. The second-order valence-corrected chi connectivity index (χ2v) is 10.7. The topological polar surface area (TPSA) is 65.2 Å². The SMILES string of the molecule is Cc1ccc(SOCCn2ccc3c(C(=O)N4CCc5c(nn(C)c5-c5cc(F)cc(F)c5)C4)ccnc32)cc1. The number of fused-ring (bicyclic) bond motifs is 2. The third-order valence-electron chi connectivity index (χ3n) is 7.11. The van der Waals surface area contributed by atoms with Crippen molar-refractivity contribution in [2.75, 3.05) is 13.2 Å². The van der Waals surface area contributed by atoms with Crippen LogP contribution in [0.1, 0.15) is 27.2 Å². The summed E-state index contributed by atoms with van der Waals surface area (Å²) in [6.07, 6.45) is 4.11. The molecule has 204 valence electrons. The van der Waals surface area contributed by atoms with Crippen LogP contribution in [0.5, 0.6) is 0 Å². The number of aryl methyl sites for hydroxylation is 2. The summed E-state index contributed by atoms with van der Waals surface area (Å²) in [6, 6.07) is 15.3. The van der Waals surface area contributed by atoms with E-state index in [1.54, 1.807) is 28.9 Å². The first-order valence-corrected chi connectivity index (χ1v) is 13.7. The van der Waals surface area contributed by atoms with Crippen molar-refractivity contribution in [3.8, 4) is 11.3 Å². The molecule has 0 fully saturated rings. The van der Waals surface area contributed by atoms with Gasteiger partial charge < -0.3 is 13.7 Å². The van der Waals surface area contributed by atoms with Gasteiger partial charge in [0, 0.05) is 72.0 Å². The van der Waals surface area contributed by atoms with Gasteiger partial charge in [-0.25, -0.2) is 13.8 Å². The van der Waals surface area contributed by atoms with Crippen molar-refractivity contribution < 1.29 is 17.8 Å². The highest BCUT2D eigenvalue weighted by Crippen LogP contribution is 2.32. The second kappa shape index (κ2) is 10.9. The maximum Gasteiger partial charge on any atom is 0.255 e. The van der Waals surface area contributed by atoms with Gasteiger partial charge in [0.1, 0.15) is 17.3 Å². The fraction of sp³-hybridized carbons (Fsp3) is 0.233. The molecule has 1 aliphatic heterocycles. The van der Waals surface area contributed by atoms with E-state index in [9.17, 15) is 13.6 Å². The lowest BCUT2D eigenvalue weighted by atomic mass is 9.99. The maximum absolute atomic E-state index is 13.9. The molecule has 0 bridgehead atoms. The molecule has 0 saturated carbocycles. The zero-order valence-corrected chi connectivity index (χ0v) is 22.9. The van der Waals surface area contributed by atoms with Crippen LogP contribution in [-0.2, 0) is 30.7 Å². The number of carbonyl (C=O) groups is 1. The van der Waals surface area contributed by atoms with Gasteiger partial charge in [-0.2, -0.15) is 5.10 Å². The lowest BCUT2D eigenvalue weighted by Gasteiger charge is -2.27. The molecule has 7 nitrogen and oxygen atoms in total. The molecule has 3 aromatic heterocycles. The molecule has 10 heteroatoms. The van der Waals surface area contributed by atoms with E-state index in [0.717, 1.165) is 33.3 Å². The van der Waals surface area contributed by atoms with E-state index in [1.165, 1.54) is 29.7 Å². The number of halogens is 2. The molecule has 0 unspecified atom stereocenters. The fourth-order valence-corrected chi connectivity index (χ4v) is 5.75. The quantitative estimate of drug-likeness (QED) is 0.182. The number of hydrogen-bond acceptors (Lipinski definition) is 5. The van der Waals surface area contributed by atoms with E-state index < -0.39 is 11.6 Å². The van der Waals surface area contributed by atoms with Gasteiger partial charge in [0.05, 0.1) is 30.1 Å². The summed E-state index contributed by atoms with van der Waals surface area (Å²) in [6.45, 7) is 3.91. The highest BCUT2D eigenvalue weighted by atomic mass is 32.2. The van der Waals surface area contributed by atoms with Gasteiger partial charge in [-0.3, -0.25) is 9.48 Å². The van der Waals surface area contributed by atoms with Gasteiger partial charge in [0.15, 0.2) is 0 Å². The molecule has 0 saturated heterocycles. The van der Waals surface area contributed by atoms with E-state index in [4.69, 9.17) is 4.18 Å². The average molecular weight is 560 g/mol. The molecular formula is C30H27F2N5O2S. The van der Waals surface area contributed by atoms with Crippen molar-refractivity contribution in [2.24, 2.45) is 7.05 Å². The number of amides is 1. The van der Waals surface area contributed by atoms with Crippen LogP contribution in [0.3, 0.4) is 0 Å². The molecule has 1 aliphatic rings. The van der Waals surface area contributed by atoms with Gasteiger partial charge in [-0.15, -0.1) is 0 Å². The summed E-state index contributed by atoms with van der Waals surface area (Å²) in [5.74, 6) is -1.38. The minimum atomic E-state index is -0.636. The summed E-state index contributed by atoms with van der Waals surface area (Å²) < 4.78 is 37.2. The number of nitrogens with zero attached hydrogens (tertiary/aromatic N) is 5. The van der Waals surface area contributed by atoms with Gasteiger partial charge in [0.2, 0.25) is 0 Å². The third-order valence-corrected chi connectivity index (χ3v) is 7.86. The molecular weight excluding hydrogens is 532 g/mol. The van der Waals surface area contributed by atoms with Crippen LogP contribution >= 0.6 is 12.0 Å². The van der Waals surface area contributed by atoms with E-state index in [0.29, 0.717) is 49.5 Å². The second-order valence-electron chi connectivity index (χ2n) is 9.86. The van der Waals surface area contributed by atoms with Gasteiger partial charge >= 0.3 is 0 Å². The molecule has 0 N–H and O–H groups in total. The van der Waals surface area contributed by atoms with Gasteiger partial charge in [-0.05, 0) is 49.7 Å². The Hall–Kier alpha value is -4.02. The number of aromatic nitrogens is 4. The predicted octanol–water partition coefficient (Wildman–Crippen LogP) is 5.95. The minimum absolute atomic E-state index is 0.106. The number of benzene rings is 2. The third kappa shape index (κ3) is 5.12. The van der Waals surface area contributed by atoms with E-state index in [2.05, 4.69) is 22.2 Å². The van der Waals surface area contributed by atoms with Crippen molar-refractivity contribution in [3.63, 3.8) is 0 Å². The number of hydrogen-bond donors (Lipinski definition) is 0. The molecule has 0 spiro atoms. The maximum atomic E-state index is 13.9. The Morgan fingerprint density at radius 2 is 1.85 bits per heavy atom. The molecule has 0 aliphatic carbocycles. The average Bonchev–Trinajstić information content (AvgIpc) is 3.50. The Morgan fingerprint density at radius 3 is 2.62 bits per heavy atom. The lowest BCUT2D eigenvalue weighted by Crippen LogP contribution is -2.36. The molecule has 0 radical (unpaired) electrons. The van der Waals surface area contributed by atoms with Crippen molar-refractivity contribution >= 4 is 29.0 Å². The first kappa shape index (κ1) is 26.2. The zero-order valence-electron chi connectivity index (χ0n) is 22.1. The molecule has 4 heterocycles. The Morgan fingerprint density at radius 1 is 1.07 bits per heavy atom. The van der Waals surface area contributed by atoms with Gasteiger partial charge in [0.25, 0.3) is 5.91 Å². The van der Waals surface area contributed by atoms with Crippen LogP contribution in [-0.4, -0.2) is 43.3 Å². The minimum Gasteiger partial charge on any atom is -0.332 e. The van der Waals surface area contributed by atoms with Crippen LogP contribution < -0.4 is 0 Å². The Balaban J connectivity index is 1.17. The Kier molecular flexibility index (Phi) is 7.12. The summed E-state index contributed by atoms with van der Waals surface area (Å²) >= 11 is 1.34. The molecule has 2 aromatic carbocycles. The molecule has 0 atom stereocenters. The highest BCUT2D eigenvalue weighted by molar-refractivity contribution is 7.94. The standard InChI is InChI=1S/C30H27F2N5O2S/c1-19-3-5-23(6-4-19)40-39-14-13-36-11-8-24-25(7-10-33-29(24)36)30(38)37-12-9-26-27(18-37)34-35(2)28(26)20-15-21(31)17-22(32)16-20/h3-8,10-11,15-17H,9,12-14,18H2,1-2H3. The van der Waals surface area contributed by atoms with Crippen LogP contribution in [0.4, 0.5) is 8.78 Å². The van der Waals surface area contributed by atoms with Crippen LogP contribution in [0.2, 0.25) is 0 Å². The normalized spacial score (nSPS) is 13.2. The van der Waals surface area contributed by atoms with Crippen molar-refractivity contribution in [1.82, 2.24) is 24.2 Å². The van der Waals surface area contributed by atoms with Crippen LogP contribution in [0.15, 0.2) is 71.9 Å². The molecule has 40 heavy (non-hydrogen) atoms. The van der Waals surface area contributed by atoms with Crippen molar-refractivity contribution in [1.29, 1.82) is 0 Å². The first-order valence-electron chi connectivity index (χ1n) is 13.0. The van der Waals surface area contributed by atoms with Crippen molar-refractivity contribution in [2.45, 2.75) is 31.3 Å². The Bertz CT molecular complexity index is 1690. The predicted molar refractivity (Wildman–Crippen MR) is 150 cm³/mol.